The van der Waals surface area contributed by atoms with Gasteiger partial charge in [-0.15, -0.1) is 0 Å². The Labute approximate surface area is 165 Å². The molecule has 1 aromatic carbocycles. The highest BCUT2D eigenvalue weighted by Gasteiger charge is 2.58. The average Bonchev–Trinajstić information content (AvgIpc) is 2.66. The fourth-order valence-corrected chi connectivity index (χ4v) is 5.07. The number of pyridine rings is 1. The molecule has 2 heterocycles. The highest BCUT2D eigenvalue weighted by molar-refractivity contribution is 6.03. The van der Waals surface area contributed by atoms with E-state index in [-0.39, 0.29) is 17.2 Å². The van der Waals surface area contributed by atoms with Crippen LogP contribution < -0.4 is 5.32 Å². The maximum Gasteiger partial charge on any atom is 0.232 e. The first-order valence-electron chi connectivity index (χ1n) is 9.62. The van der Waals surface area contributed by atoms with E-state index in [9.17, 15) is 9.59 Å². The van der Waals surface area contributed by atoms with Gasteiger partial charge in [0.1, 0.15) is 0 Å². The SMILES string of the molecule is CC1(C#Cc2ccc(-c3ccccn3)cc2)CC2(C)CC(C)(C1)C(=O)NC2=O. The first kappa shape index (κ1) is 18.4. The Hall–Kier alpha value is -2.93. The van der Waals surface area contributed by atoms with Crippen LogP contribution in [0.3, 0.4) is 0 Å². The summed E-state index contributed by atoms with van der Waals surface area (Å²) >= 11 is 0. The number of nitrogens with zero attached hydrogens (tertiary/aromatic N) is 1. The number of carbonyl (C=O) groups excluding carboxylic acids is 2. The summed E-state index contributed by atoms with van der Waals surface area (Å²) in [5.41, 5.74) is 1.42. The first-order valence-corrected chi connectivity index (χ1v) is 9.62. The van der Waals surface area contributed by atoms with Gasteiger partial charge in [0.2, 0.25) is 11.8 Å². The Morgan fingerprint density at radius 1 is 0.893 bits per heavy atom. The molecule has 0 radical (unpaired) electrons. The lowest BCUT2D eigenvalue weighted by Gasteiger charge is -2.52. The molecule has 1 aliphatic heterocycles. The normalized spacial score (nSPS) is 31.5. The van der Waals surface area contributed by atoms with E-state index in [0.717, 1.165) is 16.8 Å². The minimum atomic E-state index is -0.548. The molecular formula is C24H24N2O2. The molecule has 2 atom stereocenters. The third kappa shape index (κ3) is 3.22. The van der Waals surface area contributed by atoms with E-state index < -0.39 is 10.8 Å². The number of benzene rings is 1. The third-order valence-electron chi connectivity index (χ3n) is 6.02. The predicted octanol–water partition coefficient (Wildman–Crippen LogP) is 3.96. The zero-order valence-corrected chi connectivity index (χ0v) is 16.5. The van der Waals surface area contributed by atoms with Gasteiger partial charge in [-0.05, 0) is 50.5 Å². The minimum absolute atomic E-state index is 0.164. The number of aromatic nitrogens is 1. The van der Waals surface area contributed by atoms with Gasteiger partial charge in [-0.2, -0.15) is 0 Å². The summed E-state index contributed by atoms with van der Waals surface area (Å²) in [4.78, 5) is 29.2. The highest BCUT2D eigenvalue weighted by atomic mass is 16.2. The van der Waals surface area contributed by atoms with E-state index in [2.05, 4.69) is 29.1 Å². The van der Waals surface area contributed by atoms with Crippen LogP contribution in [0.1, 0.15) is 45.6 Å². The number of piperidine rings is 1. The second-order valence-corrected chi connectivity index (χ2v) is 9.04. The van der Waals surface area contributed by atoms with Crippen molar-refractivity contribution in [2.24, 2.45) is 16.2 Å². The summed E-state index contributed by atoms with van der Waals surface area (Å²) in [5, 5.41) is 2.56. The molecule has 1 aliphatic carbocycles. The lowest BCUT2D eigenvalue weighted by atomic mass is 9.52. The van der Waals surface area contributed by atoms with Gasteiger partial charge in [-0.1, -0.05) is 43.9 Å². The van der Waals surface area contributed by atoms with E-state index in [1.54, 1.807) is 6.20 Å². The summed E-state index contributed by atoms with van der Waals surface area (Å²) in [6.07, 6.45) is 3.70. The maximum absolute atomic E-state index is 12.4. The molecule has 2 bridgehead atoms. The lowest BCUT2D eigenvalue weighted by Crippen LogP contribution is -2.61. The van der Waals surface area contributed by atoms with Gasteiger partial charge in [-0.25, -0.2) is 0 Å². The van der Waals surface area contributed by atoms with Gasteiger partial charge >= 0.3 is 0 Å². The van der Waals surface area contributed by atoms with Gasteiger partial charge in [0, 0.05) is 33.6 Å². The zero-order chi connectivity index (χ0) is 20.0. The molecule has 142 valence electrons. The van der Waals surface area contributed by atoms with E-state index >= 15 is 0 Å². The third-order valence-corrected chi connectivity index (χ3v) is 6.02. The molecule has 2 aliphatic rings. The topological polar surface area (TPSA) is 59.1 Å². The van der Waals surface area contributed by atoms with Crippen LogP contribution in [-0.2, 0) is 9.59 Å². The quantitative estimate of drug-likeness (QED) is 0.609. The Morgan fingerprint density at radius 3 is 2.11 bits per heavy atom. The summed E-state index contributed by atoms with van der Waals surface area (Å²) in [5.74, 6) is 6.34. The van der Waals surface area contributed by atoms with Crippen molar-refractivity contribution in [1.82, 2.24) is 10.3 Å². The molecular weight excluding hydrogens is 348 g/mol. The van der Waals surface area contributed by atoms with Crippen molar-refractivity contribution >= 4 is 11.8 Å². The van der Waals surface area contributed by atoms with Crippen LogP contribution in [0.4, 0.5) is 0 Å². The van der Waals surface area contributed by atoms with Crippen molar-refractivity contribution in [3.63, 3.8) is 0 Å². The second kappa shape index (κ2) is 6.31. The minimum Gasteiger partial charge on any atom is -0.296 e. The van der Waals surface area contributed by atoms with Gasteiger partial charge in [0.25, 0.3) is 0 Å². The number of carbonyl (C=O) groups is 2. The van der Waals surface area contributed by atoms with Crippen LogP contribution >= 0.6 is 0 Å². The summed E-state index contributed by atoms with van der Waals surface area (Å²) in [6.45, 7) is 5.98. The van der Waals surface area contributed by atoms with Crippen LogP contribution in [0.25, 0.3) is 11.3 Å². The van der Waals surface area contributed by atoms with Gasteiger partial charge in [0.05, 0.1) is 5.69 Å². The maximum atomic E-state index is 12.4. The molecule has 2 fully saturated rings. The van der Waals surface area contributed by atoms with Crippen LogP contribution in [0.2, 0.25) is 0 Å². The molecule has 2 aromatic rings. The number of nitrogens with one attached hydrogen (secondary N) is 1. The molecule has 1 saturated heterocycles. The van der Waals surface area contributed by atoms with E-state index in [1.165, 1.54) is 0 Å². The lowest BCUT2D eigenvalue weighted by molar-refractivity contribution is -0.158. The van der Waals surface area contributed by atoms with E-state index in [0.29, 0.717) is 19.3 Å². The highest BCUT2D eigenvalue weighted by Crippen LogP contribution is 2.56. The van der Waals surface area contributed by atoms with E-state index in [1.807, 2.05) is 56.3 Å². The van der Waals surface area contributed by atoms with Crippen LogP contribution in [0.15, 0.2) is 48.7 Å². The Kier molecular flexibility index (Phi) is 4.15. The second-order valence-electron chi connectivity index (χ2n) is 9.04. The predicted molar refractivity (Wildman–Crippen MR) is 108 cm³/mol. The summed E-state index contributed by atoms with van der Waals surface area (Å²) in [7, 11) is 0. The van der Waals surface area contributed by atoms with Crippen molar-refractivity contribution in [3.05, 3.63) is 54.2 Å². The monoisotopic (exact) mass is 372 g/mol. The van der Waals surface area contributed by atoms with Gasteiger partial charge < -0.3 is 0 Å². The molecule has 1 saturated carbocycles. The number of fused-ring (bicyclic) bond motifs is 2. The number of rotatable bonds is 1. The van der Waals surface area contributed by atoms with Gasteiger partial charge in [0.15, 0.2) is 0 Å². The molecule has 4 heteroatoms. The number of amides is 2. The van der Waals surface area contributed by atoms with Crippen molar-refractivity contribution in [2.45, 2.75) is 40.0 Å². The smallest absolute Gasteiger partial charge is 0.232 e. The van der Waals surface area contributed by atoms with E-state index in [4.69, 9.17) is 0 Å². The number of imide groups is 1. The molecule has 2 unspecified atom stereocenters. The van der Waals surface area contributed by atoms with Gasteiger partial charge in [-0.3, -0.25) is 19.9 Å². The van der Waals surface area contributed by atoms with Crippen LogP contribution in [-0.4, -0.2) is 16.8 Å². The van der Waals surface area contributed by atoms with Crippen LogP contribution in [0.5, 0.6) is 0 Å². The first-order chi connectivity index (χ1) is 13.2. The van der Waals surface area contributed by atoms with Crippen molar-refractivity contribution in [1.29, 1.82) is 0 Å². The molecule has 0 spiro atoms. The number of hydrogen-bond acceptors (Lipinski definition) is 3. The molecule has 1 aromatic heterocycles. The summed E-state index contributed by atoms with van der Waals surface area (Å²) < 4.78 is 0. The Morgan fingerprint density at radius 2 is 1.54 bits per heavy atom. The zero-order valence-electron chi connectivity index (χ0n) is 16.5. The fourth-order valence-electron chi connectivity index (χ4n) is 5.07. The fraction of sp³-hybridized carbons (Fsp3) is 0.375. The Bertz CT molecular complexity index is 972. The average molecular weight is 372 g/mol. The molecule has 28 heavy (non-hydrogen) atoms. The Balaban J connectivity index is 1.60. The van der Waals surface area contributed by atoms with Crippen LogP contribution in [0, 0.1) is 28.1 Å². The molecule has 1 N–H and O–H groups in total. The molecule has 4 nitrogen and oxygen atoms in total. The van der Waals surface area contributed by atoms with Crippen molar-refractivity contribution < 1.29 is 9.59 Å². The number of hydrogen-bond donors (Lipinski definition) is 1. The standard InChI is InChI=1S/C24H24N2O2/c1-22(14-23(2)16-24(3,15-22)21(28)26-20(23)27)12-11-17-7-9-18(10-8-17)19-6-4-5-13-25-19/h4-10,13H,14-16H2,1-3H3,(H,26,27,28). The molecule has 4 rings (SSSR count). The van der Waals surface area contributed by atoms with Crippen molar-refractivity contribution in [3.8, 4) is 23.1 Å². The summed E-state index contributed by atoms with van der Waals surface area (Å²) in [6, 6.07) is 13.9. The molecule has 2 amide bonds. The van der Waals surface area contributed by atoms with Crippen molar-refractivity contribution in [2.75, 3.05) is 0 Å². The largest absolute Gasteiger partial charge is 0.296 e.